The minimum atomic E-state index is -4.49. The van der Waals surface area contributed by atoms with E-state index in [1.165, 1.54) is 13.1 Å². The highest BCUT2D eigenvalue weighted by Gasteiger charge is 2.31. The molecule has 1 aromatic rings. The lowest BCUT2D eigenvalue weighted by Crippen LogP contribution is -2.39. The van der Waals surface area contributed by atoms with Crippen molar-refractivity contribution in [2.45, 2.75) is 20.0 Å². The van der Waals surface area contributed by atoms with E-state index in [0.717, 1.165) is 12.1 Å². The molecule has 0 atom stereocenters. The summed E-state index contributed by atoms with van der Waals surface area (Å²) in [7, 11) is 1.50. The number of carbonyl (C=O) groups is 1. The number of amides is 1. The third kappa shape index (κ3) is 4.12. The highest BCUT2D eigenvalue weighted by molar-refractivity contribution is 5.82. The van der Waals surface area contributed by atoms with Gasteiger partial charge < -0.3 is 10.6 Å². The highest BCUT2D eigenvalue weighted by Crippen LogP contribution is 2.32. The number of carbonyl (C=O) groups excluding carboxylic acids is 1. The lowest BCUT2D eigenvalue weighted by Gasteiger charge is -2.24. The summed E-state index contributed by atoms with van der Waals surface area (Å²) in [6.45, 7) is 3.57. The average molecular weight is 299 g/mol. The van der Waals surface area contributed by atoms with Crippen molar-refractivity contribution in [3.63, 3.8) is 0 Å². The number of halogens is 3. The summed E-state index contributed by atoms with van der Waals surface area (Å²) < 4.78 is 37.7. The van der Waals surface area contributed by atoms with Crippen LogP contribution in [0.1, 0.15) is 25.0 Å². The summed E-state index contributed by atoms with van der Waals surface area (Å²) in [5.74, 6) is -0.208. The molecule has 0 unspecified atom stereocenters. The Morgan fingerprint density at radius 1 is 1.33 bits per heavy atom. The molecule has 0 aliphatic heterocycles. The van der Waals surface area contributed by atoms with Gasteiger partial charge in [-0.1, -0.05) is 0 Å². The first-order chi connectivity index (χ1) is 9.61. The summed E-state index contributed by atoms with van der Waals surface area (Å²) in [4.78, 5) is 11.6. The molecule has 0 saturated carbocycles. The molecule has 114 valence electrons. The van der Waals surface area contributed by atoms with E-state index in [1.807, 2.05) is 0 Å². The van der Waals surface area contributed by atoms with Gasteiger partial charge in [-0.05, 0) is 32.0 Å². The predicted molar refractivity (Wildman–Crippen MR) is 72.5 cm³/mol. The first-order valence-corrected chi connectivity index (χ1v) is 6.19. The smallest absolute Gasteiger partial charge is 0.383 e. The van der Waals surface area contributed by atoms with E-state index in [0.29, 0.717) is 0 Å². The molecule has 1 aromatic carbocycles. The van der Waals surface area contributed by atoms with Gasteiger partial charge in [0.15, 0.2) is 0 Å². The Bertz CT molecular complexity index is 574. The number of alkyl halides is 3. The topological polar surface area (TPSA) is 64.9 Å². The summed E-state index contributed by atoms with van der Waals surface area (Å²) in [6.07, 6.45) is -4.49. The van der Waals surface area contributed by atoms with Gasteiger partial charge in [0, 0.05) is 13.6 Å². The lowest BCUT2D eigenvalue weighted by atomic mass is 9.92. The van der Waals surface area contributed by atoms with Gasteiger partial charge in [-0.3, -0.25) is 4.79 Å². The fourth-order valence-electron chi connectivity index (χ4n) is 1.70. The number of benzene rings is 1. The normalized spacial score (nSPS) is 11.7. The molecular weight excluding hydrogens is 283 g/mol. The van der Waals surface area contributed by atoms with Crippen molar-refractivity contribution in [1.82, 2.24) is 5.32 Å². The minimum Gasteiger partial charge on any atom is -0.383 e. The predicted octanol–water partition coefficient (Wildman–Crippen LogP) is 2.76. The monoisotopic (exact) mass is 299 g/mol. The SMILES string of the molecule is CNC(=O)C(C)(C)CNc1ccc(C(F)(F)F)cc1C#N. The van der Waals surface area contributed by atoms with Crippen LogP contribution in [0, 0.1) is 16.7 Å². The zero-order valence-corrected chi connectivity index (χ0v) is 11.9. The molecular formula is C14H16F3N3O. The number of nitrogens with one attached hydrogen (secondary N) is 2. The molecule has 0 saturated heterocycles. The molecule has 0 spiro atoms. The zero-order chi connectivity index (χ0) is 16.3. The van der Waals surface area contributed by atoms with Crippen molar-refractivity contribution in [1.29, 1.82) is 5.26 Å². The first-order valence-electron chi connectivity index (χ1n) is 6.19. The molecule has 4 nitrogen and oxygen atoms in total. The average Bonchev–Trinajstić information content (AvgIpc) is 2.42. The quantitative estimate of drug-likeness (QED) is 0.898. The van der Waals surface area contributed by atoms with Crippen LogP contribution < -0.4 is 10.6 Å². The van der Waals surface area contributed by atoms with Crippen LogP contribution in [0.25, 0.3) is 0 Å². The molecule has 2 N–H and O–H groups in total. The molecule has 21 heavy (non-hydrogen) atoms. The molecule has 0 heterocycles. The van der Waals surface area contributed by atoms with Crippen LogP contribution in [0.4, 0.5) is 18.9 Å². The molecule has 0 radical (unpaired) electrons. The highest BCUT2D eigenvalue weighted by atomic mass is 19.4. The van der Waals surface area contributed by atoms with Gasteiger partial charge in [-0.2, -0.15) is 18.4 Å². The van der Waals surface area contributed by atoms with E-state index >= 15 is 0 Å². The molecule has 0 fully saturated rings. The largest absolute Gasteiger partial charge is 0.416 e. The van der Waals surface area contributed by atoms with Crippen LogP contribution in [0.5, 0.6) is 0 Å². The van der Waals surface area contributed by atoms with Gasteiger partial charge in [0.05, 0.1) is 22.2 Å². The van der Waals surface area contributed by atoms with Crippen molar-refractivity contribution in [3.05, 3.63) is 29.3 Å². The molecule has 7 heteroatoms. The van der Waals surface area contributed by atoms with Gasteiger partial charge in [0.1, 0.15) is 6.07 Å². The Morgan fingerprint density at radius 2 is 1.95 bits per heavy atom. The van der Waals surface area contributed by atoms with Crippen LogP contribution in [-0.2, 0) is 11.0 Å². The molecule has 0 aliphatic rings. The van der Waals surface area contributed by atoms with Crippen molar-refractivity contribution in [3.8, 4) is 6.07 Å². The Kier molecular flexibility index (Phi) is 4.84. The van der Waals surface area contributed by atoms with Crippen molar-refractivity contribution in [2.75, 3.05) is 18.9 Å². The van der Waals surface area contributed by atoms with E-state index in [4.69, 9.17) is 5.26 Å². The molecule has 0 aromatic heterocycles. The first kappa shape index (κ1) is 16.8. The number of rotatable bonds is 4. The van der Waals surface area contributed by atoms with Gasteiger partial charge in [0.2, 0.25) is 5.91 Å². The third-order valence-electron chi connectivity index (χ3n) is 3.03. The van der Waals surface area contributed by atoms with Gasteiger partial charge >= 0.3 is 6.18 Å². The van der Waals surface area contributed by atoms with Crippen molar-refractivity contribution >= 4 is 11.6 Å². The number of hydrogen-bond donors (Lipinski definition) is 2. The number of hydrogen-bond acceptors (Lipinski definition) is 3. The fraction of sp³-hybridized carbons (Fsp3) is 0.429. The van der Waals surface area contributed by atoms with E-state index < -0.39 is 17.2 Å². The second-order valence-electron chi connectivity index (χ2n) is 5.19. The molecule has 0 bridgehead atoms. The fourth-order valence-corrected chi connectivity index (χ4v) is 1.70. The Hall–Kier alpha value is -2.23. The van der Waals surface area contributed by atoms with Gasteiger partial charge in [-0.15, -0.1) is 0 Å². The van der Waals surface area contributed by atoms with Crippen LogP contribution in [0.2, 0.25) is 0 Å². The standard InChI is InChI=1S/C14H16F3N3O/c1-13(2,12(21)19-3)8-20-11-5-4-10(14(15,16)17)6-9(11)7-18/h4-6,20H,8H2,1-3H3,(H,19,21). The molecule has 1 amide bonds. The van der Waals surface area contributed by atoms with Crippen LogP contribution >= 0.6 is 0 Å². The maximum atomic E-state index is 12.6. The number of anilines is 1. The Morgan fingerprint density at radius 3 is 2.43 bits per heavy atom. The number of nitriles is 1. The Balaban J connectivity index is 2.96. The molecule has 1 rings (SSSR count). The zero-order valence-electron chi connectivity index (χ0n) is 11.9. The summed E-state index contributed by atoms with van der Waals surface area (Å²) in [5, 5.41) is 14.3. The maximum absolute atomic E-state index is 12.6. The second-order valence-corrected chi connectivity index (χ2v) is 5.19. The van der Waals surface area contributed by atoms with Crippen LogP contribution in [0.15, 0.2) is 18.2 Å². The third-order valence-corrected chi connectivity index (χ3v) is 3.03. The Labute approximate surface area is 121 Å². The van der Waals surface area contributed by atoms with Crippen LogP contribution in [-0.4, -0.2) is 19.5 Å². The lowest BCUT2D eigenvalue weighted by molar-refractivity contribution is -0.137. The van der Waals surface area contributed by atoms with Gasteiger partial charge in [-0.25, -0.2) is 0 Å². The van der Waals surface area contributed by atoms with Gasteiger partial charge in [0.25, 0.3) is 0 Å². The van der Waals surface area contributed by atoms with E-state index in [9.17, 15) is 18.0 Å². The summed E-state index contributed by atoms with van der Waals surface area (Å²) in [6, 6.07) is 4.61. The van der Waals surface area contributed by atoms with Crippen molar-refractivity contribution in [2.24, 2.45) is 5.41 Å². The number of nitrogens with zero attached hydrogens (tertiary/aromatic N) is 1. The second kappa shape index (κ2) is 6.04. The van der Waals surface area contributed by atoms with Crippen LogP contribution in [0.3, 0.4) is 0 Å². The van der Waals surface area contributed by atoms with Crippen molar-refractivity contribution < 1.29 is 18.0 Å². The maximum Gasteiger partial charge on any atom is 0.416 e. The summed E-state index contributed by atoms with van der Waals surface area (Å²) >= 11 is 0. The van der Waals surface area contributed by atoms with E-state index in [1.54, 1.807) is 19.9 Å². The van der Waals surface area contributed by atoms with E-state index in [-0.39, 0.29) is 23.7 Å². The molecule has 0 aliphatic carbocycles. The summed E-state index contributed by atoms with van der Waals surface area (Å²) in [5.41, 5.74) is -1.49. The van der Waals surface area contributed by atoms with E-state index in [2.05, 4.69) is 10.6 Å². The minimum absolute atomic E-state index is 0.113.